The van der Waals surface area contributed by atoms with Crippen molar-refractivity contribution in [2.75, 3.05) is 27.1 Å². The van der Waals surface area contributed by atoms with Gasteiger partial charge in [-0.05, 0) is 54.4 Å². The van der Waals surface area contributed by atoms with Gasteiger partial charge in [-0.3, -0.25) is 14.0 Å². The van der Waals surface area contributed by atoms with E-state index < -0.39 is 5.91 Å². The number of nitrogen functional groups attached to an aromatic ring is 1. The molecule has 3 N–H and O–H groups in total. The highest BCUT2D eigenvalue weighted by Gasteiger charge is 2.25. The highest BCUT2D eigenvalue weighted by atomic mass is 16.5. The summed E-state index contributed by atoms with van der Waals surface area (Å²) in [5.74, 6) is 1.78. The maximum absolute atomic E-state index is 13.6. The highest BCUT2D eigenvalue weighted by Crippen LogP contribution is 2.28. The normalized spacial score (nSPS) is 11.0. The van der Waals surface area contributed by atoms with E-state index in [0.717, 1.165) is 22.4 Å². The van der Waals surface area contributed by atoms with Gasteiger partial charge in [-0.2, -0.15) is 0 Å². The second-order valence-electron chi connectivity index (χ2n) is 9.60. The molecule has 5 aromatic rings. The van der Waals surface area contributed by atoms with Crippen molar-refractivity contribution in [3.8, 4) is 17.2 Å². The van der Waals surface area contributed by atoms with E-state index in [9.17, 15) is 9.59 Å². The molecule has 10 nitrogen and oxygen atoms in total. The Balaban J connectivity index is 1.57. The lowest BCUT2D eigenvalue weighted by molar-refractivity contribution is -0.658. The SMILES string of the molecule is COc1ccc(CNC(=O)c2cc3c(=O)n4cccc(C)c4nc3[n+](CCc3ccc(OC)c(OC)c3)c2N)cc1. The van der Waals surface area contributed by atoms with E-state index in [4.69, 9.17) is 24.9 Å². The number of methoxy groups -OCH3 is 3. The highest BCUT2D eigenvalue weighted by molar-refractivity contribution is 6.00. The first-order valence-electron chi connectivity index (χ1n) is 13.1. The smallest absolute Gasteiger partial charge is 0.278 e. The van der Waals surface area contributed by atoms with Crippen molar-refractivity contribution in [2.45, 2.75) is 26.4 Å². The van der Waals surface area contributed by atoms with Gasteiger partial charge in [-0.25, -0.2) is 4.57 Å². The Bertz CT molecular complexity index is 1820. The molecule has 0 unspecified atom stereocenters. The Morgan fingerprint density at radius 3 is 2.41 bits per heavy atom. The second-order valence-corrected chi connectivity index (χ2v) is 9.60. The summed E-state index contributed by atoms with van der Waals surface area (Å²) in [5, 5.41) is 3.22. The third-order valence-electron chi connectivity index (χ3n) is 7.10. The molecular weight excluding hydrogens is 522 g/mol. The van der Waals surface area contributed by atoms with E-state index in [-0.39, 0.29) is 23.5 Å². The number of carbonyl (C=O) groups is 1. The van der Waals surface area contributed by atoms with Crippen LogP contribution in [0.3, 0.4) is 0 Å². The lowest BCUT2D eigenvalue weighted by Crippen LogP contribution is -2.43. The first-order valence-corrected chi connectivity index (χ1v) is 13.1. The van der Waals surface area contributed by atoms with Crippen molar-refractivity contribution < 1.29 is 23.6 Å². The predicted molar refractivity (Wildman–Crippen MR) is 156 cm³/mol. The number of hydrogen-bond acceptors (Lipinski definition) is 7. The molecule has 0 aliphatic heterocycles. The van der Waals surface area contributed by atoms with E-state index in [1.165, 1.54) is 10.5 Å². The van der Waals surface area contributed by atoms with Crippen molar-refractivity contribution in [2.24, 2.45) is 0 Å². The number of pyridine rings is 2. The molecule has 3 heterocycles. The first kappa shape index (κ1) is 27.4. The fourth-order valence-electron chi connectivity index (χ4n) is 4.82. The van der Waals surface area contributed by atoms with Crippen LogP contribution in [0.25, 0.3) is 16.7 Å². The van der Waals surface area contributed by atoms with Gasteiger partial charge >= 0.3 is 0 Å². The van der Waals surface area contributed by atoms with Gasteiger partial charge in [0.1, 0.15) is 16.7 Å². The summed E-state index contributed by atoms with van der Waals surface area (Å²) in [6, 6.07) is 18.3. The number of anilines is 1. The summed E-state index contributed by atoms with van der Waals surface area (Å²) >= 11 is 0. The average molecular weight is 555 g/mol. The van der Waals surface area contributed by atoms with Crippen LogP contribution >= 0.6 is 0 Å². The average Bonchev–Trinajstić information content (AvgIpc) is 3.00. The Hall–Kier alpha value is -5.12. The van der Waals surface area contributed by atoms with Gasteiger partial charge in [0.25, 0.3) is 17.1 Å². The summed E-state index contributed by atoms with van der Waals surface area (Å²) < 4.78 is 19.2. The number of fused-ring (bicyclic) bond motifs is 2. The molecular formula is C31H32N5O5+. The standard InChI is InChI=1S/C31H31N5O5/c1-19-6-5-14-36-28(19)34-29-24(31(36)38)17-23(30(37)33-18-21-7-10-22(39-2)11-8-21)27(32)35(29)15-13-20-9-12-25(40-3)26(16-20)41-4/h5-12,14,16-17,32H,13,15,18H2,1-4H3,(H,33,37)/p+1. The number of ether oxygens (including phenoxy) is 3. The van der Waals surface area contributed by atoms with Crippen LogP contribution in [0, 0.1) is 6.92 Å². The summed E-state index contributed by atoms with van der Waals surface area (Å²) in [7, 11) is 4.77. The van der Waals surface area contributed by atoms with E-state index in [1.807, 2.05) is 55.5 Å². The number of carbonyl (C=O) groups excluding carboxylic acids is 1. The zero-order valence-corrected chi connectivity index (χ0v) is 23.4. The molecule has 0 spiro atoms. The van der Waals surface area contributed by atoms with Crippen molar-refractivity contribution in [3.63, 3.8) is 0 Å². The third-order valence-corrected chi connectivity index (χ3v) is 7.10. The van der Waals surface area contributed by atoms with Crippen molar-refractivity contribution in [3.05, 3.63) is 99.5 Å². The van der Waals surface area contributed by atoms with E-state index in [0.29, 0.717) is 41.1 Å². The van der Waals surface area contributed by atoms with E-state index >= 15 is 0 Å². The Labute approximate surface area is 236 Å². The third kappa shape index (κ3) is 5.36. The quantitative estimate of drug-likeness (QED) is 0.212. The van der Waals surface area contributed by atoms with Crippen LogP contribution in [-0.2, 0) is 19.5 Å². The van der Waals surface area contributed by atoms with E-state index in [1.54, 1.807) is 38.2 Å². The number of nitrogens with one attached hydrogen (secondary N) is 1. The molecule has 0 bridgehead atoms. The van der Waals surface area contributed by atoms with Crippen molar-refractivity contribution >= 4 is 28.4 Å². The van der Waals surface area contributed by atoms with Crippen LogP contribution in [0.15, 0.2) is 71.7 Å². The molecule has 0 saturated heterocycles. The van der Waals surface area contributed by atoms with Gasteiger partial charge in [-0.1, -0.05) is 29.2 Å². The van der Waals surface area contributed by atoms with Gasteiger partial charge in [0.05, 0.1) is 27.9 Å². The van der Waals surface area contributed by atoms with Gasteiger partial charge in [0.2, 0.25) is 11.5 Å². The fourth-order valence-corrected chi connectivity index (χ4v) is 4.82. The van der Waals surface area contributed by atoms with Crippen LogP contribution in [0.1, 0.15) is 27.0 Å². The number of rotatable bonds is 9. The van der Waals surface area contributed by atoms with Gasteiger partial charge in [-0.15, -0.1) is 0 Å². The Morgan fingerprint density at radius 2 is 1.71 bits per heavy atom. The number of nitrogens with zero attached hydrogens (tertiary/aromatic N) is 3. The minimum absolute atomic E-state index is 0.199. The Kier molecular flexibility index (Phi) is 7.73. The molecule has 0 aliphatic carbocycles. The number of benzene rings is 2. The molecule has 0 radical (unpaired) electrons. The maximum atomic E-state index is 13.6. The number of nitrogens with two attached hydrogens (primary N) is 1. The first-order chi connectivity index (χ1) is 19.8. The van der Waals surface area contributed by atoms with Crippen molar-refractivity contribution in [1.29, 1.82) is 0 Å². The second kappa shape index (κ2) is 11.5. The molecule has 0 atom stereocenters. The minimum Gasteiger partial charge on any atom is -0.497 e. The summed E-state index contributed by atoms with van der Waals surface area (Å²) in [6.07, 6.45) is 2.21. The van der Waals surface area contributed by atoms with Gasteiger partial charge in [0, 0.05) is 24.7 Å². The van der Waals surface area contributed by atoms with Crippen LogP contribution in [0.5, 0.6) is 17.2 Å². The molecule has 1 amide bonds. The molecule has 5 rings (SSSR count). The van der Waals surface area contributed by atoms with Crippen LogP contribution in [0.4, 0.5) is 5.82 Å². The zero-order chi connectivity index (χ0) is 29.1. The molecule has 0 fully saturated rings. The lowest BCUT2D eigenvalue weighted by atomic mass is 10.1. The summed E-state index contributed by atoms with van der Waals surface area (Å²) in [6.45, 7) is 2.54. The van der Waals surface area contributed by atoms with Crippen molar-refractivity contribution in [1.82, 2.24) is 14.7 Å². The predicted octanol–water partition coefficient (Wildman–Crippen LogP) is 3.22. The van der Waals surface area contributed by atoms with Gasteiger partial charge in [0.15, 0.2) is 11.5 Å². The largest absolute Gasteiger partial charge is 0.497 e. The summed E-state index contributed by atoms with van der Waals surface area (Å²) in [5.41, 5.74) is 10.2. The zero-order valence-electron chi connectivity index (χ0n) is 23.4. The minimum atomic E-state index is -0.395. The Morgan fingerprint density at radius 1 is 0.976 bits per heavy atom. The number of hydrogen-bond donors (Lipinski definition) is 2. The number of aryl methyl sites for hydroxylation is 3. The van der Waals surface area contributed by atoms with E-state index in [2.05, 4.69) is 5.32 Å². The van der Waals surface area contributed by atoms with Crippen LogP contribution in [-0.4, -0.2) is 36.6 Å². The number of aromatic nitrogens is 3. The molecule has 3 aromatic heterocycles. The van der Waals surface area contributed by atoms with Crippen LogP contribution in [0.2, 0.25) is 0 Å². The lowest BCUT2D eigenvalue weighted by Gasteiger charge is -2.14. The monoisotopic (exact) mass is 554 g/mol. The van der Waals surface area contributed by atoms with Crippen LogP contribution < -0.4 is 35.4 Å². The molecule has 0 aliphatic rings. The fraction of sp³-hybridized carbons (Fsp3) is 0.226. The molecule has 2 aromatic carbocycles. The number of amides is 1. The molecule has 41 heavy (non-hydrogen) atoms. The molecule has 0 saturated carbocycles. The molecule has 210 valence electrons. The maximum Gasteiger partial charge on any atom is 0.278 e. The molecule has 10 heteroatoms. The van der Waals surface area contributed by atoms with Gasteiger partial charge < -0.3 is 25.3 Å². The summed E-state index contributed by atoms with van der Waals surface area (Å²) in [4.78, 5) is 31.9. The topological polar surface area (TPSA) is 121 Å².